The van der Waals surface area contributed by atoms with E-state index in [1.807, 2.05) is 0 Å². The number of halogens is 3. The monoisotopic (exact) mass is 211 g/mol. The third kappa shape index (κ3) is 2.20. The van der Waals surface area contributed by atoms with Crippen LogP contribution in [0.4, 0.5) is 13.2 Å². The van der Waals surface area contributed by atoms with E-state index in [-0.39, 0.29) is 4.88 Å². The Labute approximate surface area is 77.0 Å². The topological polar surface area (TPSA) is 32.3 Å². The van der Waals surface area contributed by atoms with Crippen molar-refractivity contribution in [1.29, 1.82) is 0 Å². The molecule has 0 saturated heterocycles. The van der Waals surface area contributed by atoms with E-state index in [9.17, 15) is 13.2 Å². The molecule has 1 aromatic rings. The Morgan fingerprint density at radius 3 is 2.46 bits per heavy atom. The molecule has 74 valence electrons. The molecule has 0 aliphatic carbocycles. The number of aryl methyl sites for hydroxylation is 1. The smallest absolute Gasteiger partial charge is 0.316 e. The van der Waals surface area contributed by atoms with Gasteiger partial charge in [-0.2, -0.15) is 18.7 Å². The van der Waals surface area contributed by atoms with Crippen LogP contribution in [0, 0.1) is 6.92 Å². The van der Waals surface area contributed by atoms with Gasteiger partial charge in [-0.3, -0.25) is 0 Å². The summed E-state index contributed by atoms with van der Waals surface area (Å²) in [4.78, 5) is 0.0926. The molecule has 1 aromatic heterocycles. The highest BCUT2D eigenvalue weighted by Gasteiger charge is 2.42. The second-order valence-corrected chi connectivity index (χ2v) is 3.52. The van der Waals surface area contributed by atoms with Gasteiger partial charge in [0.25, 0.3) is 0 Å². The second-order valence-electron chi connectivity index (χ2n) is 2.57. The van der Waals surface area contributed by atoms with Crippen LogP contribution in [0.1, 0.15) is 16.5 Å². The largest absolute Gasteiger partial charge is 0.410 e. The van der Waals surface area contributed by atoms with Crippen molar-refractivity contribution in [2.24, 2.45) is 0 Å². The first-order valence-electron chi connectivity index (χ1n) is 3.47. The molecule has 0 amide bonds. The summed E-state index contributed by atoms with van der Waals surface area (Å²) in [6, 6.07) is -0.400. The number of rotatable bonds is 2. The summed E-state index contributed by atoms with van der Waals surface area (Å²) >= 11 is 0.967. The van der Waals surface area contributed by atoms with Crippen molar-refractivity contribution >= 4 is 11.3 Å². The molecule has 0 radical (unpaired) electrons. The minimum absolute atomic E-state index is 0.0926. The van der Waals surface area contributed by atoms with Crippen LogP contribution < -0.4 is 5.48 Å². The minimum Gasteiger partial charge on any atom is -0.316 e. The predicted octanol–water partition coefficient (Wildman–Crippen LogP) is 2.64. The third-order valence-corrected chi connectivity index (χ3v) is 2.70. The van der Waals surface area contributed by atoms with Crippen molar-refractivity contribution in [3.05, 3.63) is 21.9 Å². The van der Waals surface area contributed by atoms with Gasteiger partial charge in [-0.25, -0.2) is 0 Å². The normalized spacial score (nSPS) is 14.5. The summed E-state index contributed by atoms with van der Waals surface area (Å²) in [6.45, 7) is 1.57. The van der Waals surface area contributed by atoms with E-state index >= 15 is 0 Å². The van der Waals surface area contributed by atoms with Gasteiger partial charge in [-0.1, -0.05) is 0 Å². The Morgan fingerprint density at radius 2 is 2.15 bits per heavy atom. The van der Waals surface area contributed by atoms with E-state index in [2.05, 4.69) is 0 Å². The highest BCUT2D eigenvalue weighted by Crippen LogP contribution is 2.36. The molecule has 1 heterocycles. The second kappa shape index (κ2) is 3.65. The average Bonchev–Trinajstić information content (AvgIpc) is 2.35. The standard InChI is InChI=1S/C7H8F3NOS/c1-4-2-3-13-5(4)6(11-12)7(8,9)10/h2-3,6,11-12H,1H3/t6-/m1/s1. The highest BCUT2D eigenvalue weighted by atomic mass is 32.1. The molecule has 13 heavy (non-hydrogen) atoms. The van der Waals surface area contributed by atoms with Crippen molar-refractivity contribution < 1.29 is 18.4 Å². The zero-order valence-corrected chi connectivity index (χ0v) is 7.54. The number of alkyl halides is 3. The Hall–Kier alpha value is -0.590. The number of thiophene rings is 1. The van der Waals surface area contributed by atoms with E-state index < -0.39 is 12.2 Å². The molecule has 0 unspecified atom stereocenters. The van der Waals surface area contributed by atoms with Gasteiger partial charge < -0.3 is 5.21 Å². The molecule has 1 rings (SSSR count). The summed E-state index contributed by atoms with van der Waals surface area (Å²) in [5.74, 6) is 0. The van der Waals surface area contributed by atoms with E-state index in [4.69, 9.17) is 5.21 Å². The lowest BCUT2D eigenvalue weighted by Crippen LogP contribution is -2.31. The maximum absolute atomic E-state index is 12.2. The van der Waals surface area contributed by atoms with Gasteiger partial charge in [-0.15, -0.1) is 11.3 Å². The molecule has 0 spiro atoms. The zero-order valence-electron chi connectivity index (χ0n) is 6.72. The summed E-state index contributed by atoms with van der Waals surface area (Å²) in [6.07, 6.45) is -4.47. The molecule has 6 heteroatoms. The van der Waals surface area contributed by atoms with Crippen molar-refractivity contribution in [1.82, 2.24) is 5.48 Å². The van der Waals surface area contributed by atoms with Crippen LogP contribution in [0.15, 0.2) is 11.4 Å². The first kappa shape index (κ1) is 10.5. The summed E-state index contributed by atoms with van der Waals surface area (Å²) < 4.78 is 36.7. The number of hydrogen-bond donors (Lipinski definition) is 2. The molecular weight excluding hydrogens is 203 g/mol. The number of hydroxylamine groups is 1. The summed E-state index contributed by atoms with van der Waals surface area (Å²) in [5.41, 5.74) is 1.79. The maximum Gasteiger partial charge on any atom is 0.410 e. The van der Waals surface area contributed by atoms with E-state index in [0.717, 1.165) is 11.3 Å². The molecule has 2 N–H and O–H groups in total. The molecule has 0 aromatic carbocycles. The number of hydrogen-bond acceptors (Lipinski definition) is 3. The highest BCUT2D eigenvalue weighted by molar-refractivity contribution is 7.10. The lowest BCUT2D eigenvalue weighted by atomic mass is 10.2. The zero-order chi connectivity index (χ0) is 10.1. The molecule has 2 nitrogen and oxygen atoms in total. The third-order valence-electron chi connectivity index (χ3n) is 1.62. The molecular formula is C7H8F3NOS. The van der Waals surface area contributed by atoms with Crippen LogP contribution >= 0.6 is 11.3 Å². The molecule has 0 aliphatic heterocycles. The fourth-order valence-corrected chi connectivity index (χ4v) is 1.96. The summed E-state index contributed by atoms with van der Waals surface area (Å²) in [7, 11) is 0. The van der Waals surface area contributed by atoms with Crippen LogP contribution in [0.3, 0.4) is 0 Å². The lowest BCUT2D eigenvalue weighted by molar-refractivity contribution is -0.177. The van der Waals surface area contributed by atoms with Crippen LogP contribution in [-0.4, -0.2) is 11.4 Å². The van der Waals surface area contributed by atoms with E-state index in [1.165, 1.54) is 5.48 Å². The van der Waals surface area contributed by atoms with Gasteiger partial charge in [0.05, 0.1) is 0 Å². The minimum atomic E-state index is -4.47. The van der Waals surface area contributed by atoms with Crippen LogP contribution in [0.5, 0.6) is 0 Å². The first-order chi connectivity index (χ1) is 5.96. The molecule has 0 fully saturated rings. The Morgan fingerprint density at radius 1 is 1.54 bits per heavy atom. The molecule has 0 saturated carbocycles. The van der Waals surface area contributed by atoms with Gasteiger partial charge in [0.15, 0.2) is 6.04 Å². The Kier molecular flexibility index (Phi) is 2.94. The van der Waals surface area contributed by atoms with Gasteiger partial charge in [0, 0.05) is 4.88 Å². The maximum atomic E-state index is 12.2. The summed E-state index contributed by atoms with van der Waals surface area (Å²) in [5, 5.41) is 9.95. The van der Waals surface area contributed by atoms with Gasteiger partial charge in [0.1, 0.15) is 0 Å². The average molecular weight is 211 g/mol. The van der Waals surface area contributed by atoms with Gasteiger partial charge in [-0.05, 0) is 23.9 Å². The predicted molar refractivity (Wildman–Crippen MR) is 42.8 cm³/mol. The van der Waals surface area contributed by atoms with E-state index in [1.54, 1.807) is 18.4 Å². The Bertz CT molecular complexity index is 284. The van der Waals surface area contributed by atoms with E-state index in [0.29, 0.717) is 5.56 Å². The first-order valence-corrected chi connectivity index (χ1v) is 4.35. The van der Waals surface area contributed by atoms with Crippen molar-refractivity contribution in [3.8, 4) is 0 Å². The Balaban J connectivity index is 2.98. The van der Waals surface area contributed by atoms with Crippen molar-refractivity contribution in [3.63, 3.8) is 0 Å². The SMILES string of the molecule is Cc1ccsc1[C@@H](NO)C(F)(F)F. The fourth-order valence-electron chi connectivity index (χ4n) is 0.961. The van der Waals surface area contributed by atoms with Crippen LogP contribution in [0.2, 0.25) is 0 Å². The lowest BCUT2D eigenvalue weighted by Gasteiger charge is -2.17. The quantitative estimate of drug-likeness (QED) is 0.737. The van der Waals surface area contributed by atoms with Crippen molar-refractivity contribution in [2.45, 2.75) is 19.1 Å². The van der Waals surface area contributed by atoms with Crippen molar-refractivity contribution in [2.75, 3.05) is 0 Å². The molecule has 1 atom stereocenters. The number of nitrogens with one attached hydrogen (secondary N) is 1. The van der Waals surface area contributed by atoms with Gasteiger partial charge >= 0.3 is 6.18 Å². The molecule has 0 bridgehead atoms. The fraction of sp³-hybridized carbons (Fsp3) is 0.429. The van der Waals surface area contributed by atoms with Crippen LogP contribution in [0.25, 0.3) is 0 Å². The molecule has 0 aliphatic rings. The van der Waals surface area contributed by atoms with Crippen LogP contribution in [-0.2, 0) is 0 Å². The van der Waals surface area contributed by atoms with Gasteiger partial charge in [0.2, 0.25) is 0 Å².